The van der Waals surface area contributed by atoms with Crippen molar-refractivity contribution in [2.24, 2.45) is 4.99 Å². The van der Waals surface area contributed by atoms with Crippen molar-refractivity contribution >= 4 is 23.4 Å². The van der Waals surface area contributed by atoms with Crippen LogP contribution in [0.1, 0.15) is 24.1 Å². The molecule has 0 aliphatic carbocycles. The molecule has 164 valence electrons. The highest BCUT2D eigenvalue weighted by Gasteiger charge is 2.33. The summed E-state index contributed by atoms with van der Waals surface area (Å²) in [5.74, 6) is 0.861. The second-order valence-corrected chi connectivity index (χ2v) is 8.13. The monoisotopic (exact) mass is 450 g/mol. The SMILES string of the molecule is COC(=O)C1=C(C)N=c2sc(=Cc3cccc(OC)c3)c(=O)n2C1c1ccc(OC)cc1. The fourth-order valence-corrected chi connectivity index (χ4v) is 4.72. The van der Waals surface area contributed by atoms with Gasteiger partial charge in [-0.3, -0.25) is 9.36 Å². The molecule has 8 heteroatoms. The third-order valence-corrected chi connectivity index (χ3v) is 6.23. The van der Waals surface area contributed by atoms with Crippen molar-refractivity contribution in [1.29, 1.82) is 0 Å². The fraction of sp³-hybridized carbons (Fsp3) is 0.208. The van der Waals surface area contributed by atoms with Crippen LogP contribution in [0.25, 0.3) is 6.08 Å². The van der Waals surface area contributed by atoms with Crippen LogP contribution >= 0.6 is 11.3 Å². The van der Waals surface area contributed by atoms with Crippen LogP contribution < -0.4 is 24.4 Å². The van der Waals surface area contributed by atoms with Crippen LogP contribution in [-0.4, -0.2) is 31.9 Å². The van der Waals surface area contributed by atoms with Gasteiger partial charge in [-0.1, -0.05) is 35.6 Å². The number of benzene rings is 2. The summed E-state index contributed by atoms with van der Waals surface area (Å²) < 4.78 is 17.6. The molecule has 0 N–H and O–H groups in total. The second kappa shape index (κ2) is 8.84. The molecule has 7 nitrogen and oxygen atoms in total. The quantitative estimate of drug-likeness (QED) is 0.558. The van der Waals surface area contributed by atoms with E-state index in [1.54, 1.807) is 43.9 Å². The van der Waals surface area contributed by atoms with Crippen LogP contribution in [0.2, 0.25) is 0 Å². The van der Waals surface area contributed by atoms with E-state index in [0.717, 1.165) is 11.1 Å². The minimum Gasteiger partial charge on any atom is -0.497 e. The molecule has 0 fully saturated rings. The molecule has 1 aliphatic heterocycles. The first-order chi connectivity index (χ1) is 15.5. The molecule has 2 aromatic carbocycles. The Labute approximate surface area is 188 Å². The number of hydrogen-bond donors (Lipinski definition) is 0. The van der Waals surface area contributed by atoms with Gasteiger partial charge >= 0.3 is 5.97 Å². The number of esters is 1. The van der Waals surface area contributed by atoms with Crippen LogP contribution in [0.3, 0.4) is 0 Å². The lowest BCUT2D eigenvalue weighted by Gasteiger charge is -2.24. The highest BCUT2D eigenvalue weighted by atomic mass is 32.1. The van der Waals surface area contributed by atoms with Crippen LogP contribution in [0.5, 0.6) is 11.5 Å². The summed E-state index contributed by atoms with van der Waals surface area (Å²) in [6.45, 7) is 1.75. The van der Waals surface area contributed by atoms with Crippen molar-refractivity contribution in [1.82, 2.24) is 4.57 Å². The number of nitrogens with zero attached hydrogens (tertiary/aromatic N) is 2. The van der Waals surface area contributed by atoms with Gasteiger partial charge in [-0.05, 0) is 48.4 Å². The van der Waals surface area contributed by atoms with Gasteiger partial charge in [-0.25, -0.2) is 9.79 Å². The zero-order valence-electron chi connectivity index (χ0n) is 18.1. The lowest BCUT2D eigenvalue weighted by molar-refractivity contribution is -0.136. The summed E-state index contributed by atoms with van der Waals surface area (Å²) in [7, 11) is 4.50. The highest BCUT2D eigenvalue weighted by molar-refractivity contribution is 7.07. The van der Waals surface area contributed by atoms with Gasteiger partial charge in [0.1, 0.15) is 11.5 Å². The Morgan fingerprint density at radius 2 is 1.78 bits per heavy atom. The van der Waals surface area contributed by atoms with Gasteiger partial charge in [0.2, 0.25) is 0 Å². The number of carbonyl (C=O) groups excluding carboxylic acids is 1. The summed E-state index contributed by atoms with van der Waals surface area (Å²) in [5, 5.41) is 0. The van der Waals surface area contributed by atoms with Crippen LogP contribution in [0.15, 0.2) is 69.6 Å². The van der Waals surface area contributed by atoms with E-state index in [1.807, 2.05) is 36.4 Å². The molecule has 1 atom stereocenters. The van der Waals surface area contributed by atoms with Gasteiger partial charge in [0.05, 0.1) is 43.2 Å². The third kappa shape index (κ3) is 3.85. The summed E-state index contributed by atoms with van der Waals surface area (Å²) >= 11 is 1.28. The lowest BCUT2D eigenvalue weighted by Crippen LogP contribution is -2.39. The highest BCUT2D eigenvalue weighted by Crippen LogP contribution is 2.31. The summed E-state index contributed by atoms with van der Waals surface area (Å²) in [6.07, 6.45) is 1.80. The van der Waals surface area contributed by atoms with Crippen LogP contribution in [-0.2, 0) is 9.53 Å². The molecule has 1 aromatic heterocycles. The lowest BCUT2D eigenvalue weighted by atomic mass is 9.96. The van der Waals surface area contributed by atoms with E-state index in [0.29, 0.717) is 32.1 Å². The van der Waals surface area contributed by atoms with E-state index in [4.69, 9.17) is 14.2 Å². The first kappa shape index (κ1) is 21.6. The number of carbonyl (C=O) groups is 1. The topological polar surface area (TPSA) is 79.1 Å². The van der Waals surface area contributed by atoms with Gasteiger partial charge in [-0.2, -0.15) is 0 Å². The third-order valence-electron chi connectivity index (χ3n) is 5.25. The molecule has 32 heavy (non-hydrogen) atoms. The molecule has 0 spiro atoms. The van der Waals surface area contributed by atoms with Gasteiger partial charge in [-0.15, -0.1) is 0 Å². The maximum absolute atomic E-state index is 13.5. The van der Waals surface area contributed by atoms with Crippen LogP contribution in [0.4, 0.5) is 0 Å². The molecular formula is C24H22N2O5S. The second-order valence-electron chi connectivity index (χ2n) is 7.12. The van der Waals surface area contributed by atoms with Gasteiger partial charge in [0.25, 0.3) is 5.56 Å². The molecule has 1 aliphatic rings. The van der Waals surface area contributed by atoms with E-state index >= 15 is 0 Å². The number of methoxy groups -OCH3 is 3. The first-order valence-corrected chi connectivity index (χ1v) is 10.7. The molecule has 0 bridgehead atoms. The number of allylic oxidation sites excluding steroid dienone is 1. The normalized spacial score (nSPS) is 15.8. The molecular weight excluding hydrogens is 428 g/mol. The number of thiazole rings is 1. The van der Waals surface area contributed by atoms with E-state index < -0.39 is 12.0 Å². The van der Waals surface area contributed by atoms with Crippen molar-refractivity contribution in [2.75, 3.05) is 21.3 Å². The predicted molar refractivity (Wildman–Crippen MR) is 122 cm³/mol. The largest absolute Gasteiger partial charge is 0.497 e. The Bertz CT molecular complexity index is 1380. The van der Waals surface area contributed by atoms with Crippen LogP contribution in [0, 0.1) is 0 Å². The standard InChI is InChI=1S/C24H22N2O5S/c1-14-20(23(28)31-4)21(16-8-10-17(29-2)11-9-16)26-22(27)19(32-24(26)25-14)13-15-6-5-7-18(12-15)30-3/h5-13,21H,1-4H3. The van der Waals surface area contributed by atoms with Gasteiger partial charge in [0.15, 0.2) is 4.80 Å². The zero-order valence-corrected chi connectivity index (χ0v) is 18.9. The number of ether oxygens (including phenoxy) is 3. The molecule has 0 saturated heterocycles. The maximum Gasteiger partial charge on any atom is 0.338 e. The Kier molecular flexibility index (Phi) is 5.96. The number of fused-ring (bicyclic) bond motifs is 1. The smallest absolute Gasteiger partial charge is 0.338 e. The average Bonchev–Trinajstić information content (AvgIpc) is 3.12. The number of hydrogen-bond acceptors (Lipinski definition) is 7. The number of aromatic nitrogens is 1. The van der Waals surface area contributed by atoms with E-state index in [9.17, 15) is 9.59 Å². The van der Waals surface area contributed by atoms with E-state index in [2.05, 4.69) is 4.99 Å². The molecule has 2 heterocycles. The van der Waals surface area contributed by atoms with Crippen molar-refractivity contribution in [3.05, 3.63) is 90.6 Å². The van der Waals surface area contributed by atoms with Crippen molar-refractivity contribution in [3.8, 4) is 11.5 Å². The summed E-state index contributed by atoms with van der Waals surface area (Å²) in [4.78, 5) is 31.2. The van der Waals surface area contributed by atoms with Crippen molar-refractivity contribution in [3.63, 3.8) is 0 Å². The Hall–Kier alpha value is -3.65. The summed E-state index contributed by atoms with van der Waals surface area (Å²) in [5.41, 5.74) is 2.21. The van der Waals surface area contributed by atoms with Crippen molar-refractivity contribution in [2.45, 2.75) is 13.0 Å². The summed E-state index contributed by atoms with van der Waals surface area (Å²) in [6, 6.07) is 14.1. The minimum absolute atomic E-state index is 0.230. The van der Waals surface area contributed by atoms with E-state index in [-0.39, 0.29) is 5.56 Å². The molecule has 3 aromatic rings. The molecule has 0 saturated carbocycles. The van der Waals surface area contributed by atoms with Gasteiger partial charge < -0.3 is 14.2 Å². The van der Waals surface area contributed by atoms with E-state index in [1.165, 1.54) is 18.4 Å². The Morgan fingerprint density at radius 1 is 1.06 bits per heavy atom. The zero-order chi connectivity index (χ0) is 22.8. The molecule has 1 unspecified atom stereocenters. The average molecular weight is 451 g/mol. The van der Waals surface area contributed by atoms with Gasteiger partial charge in [0, 0.05) is 0 Å². The minimum atomic E-state index is -0.655. The fourth-order valence-electron chi connectivity index (χ4n) is 3.68. The molecule has 0 radical (unpaired) electrons. The Balaban J connectivity index is 1.94. The predicted octanol–water partition coefficient (Wildman–Crippen LogP) is 2.43. The Morgan fingerprint density at radius 3 is 2.44 bits per heavy atom. The molecule has 4 rings (SSSR count). The molecule has 0 amide bonds. The number of rotatable bonds is 5. The van der Waals surface area contributed by atoms with Crippen molar-refractivity contribution < 1.29 is 19.0 Å². The maximum atomic E-state index is 13.5. The first-order valence-electron chi connectivity index (χ1n) is 9.85.